The van der Waals surface area contributed by atoms with Crippen molar-refractivity contribution in [2.45, 2.75) is 30.8 Å². The molecule has 7 rings (SSSR count). The number of rotatable bonds is 5. The van der Waals surface area contributed by atoms with Gasteiger partial charge in [-0.2, -0.15) is 0 Å². The Morgan fingerprint density at radius 3 is 2.56 bits per heavy atom. The van der Waals surface area contributed by atoms with E-state index in [9.17, 15) is 5.11 Å². The van der Waals surface area contributed by atoms with Crippen LogP contribution in [-0.4, -0.2) is 63.7 Å². The number of phenolic OH excluding ortho intramolecular Hbond substituents is 1. The van der Waals surface area contributed by atoms with E-state index in [1.54, 1.807) is 12.1 Å². The van der Waals surface area contributed by atoms with Crippen molar-refractivity contribution in [3.05, 3.63) is 79.2 Å². The maximum absolute atomic E-state index is 10.5. The van der Waals surface area contributed by atoms with Gasteiger partial charge >= 0.3 is 0 Å². The number of piperidine rings is 1. The Morgan fingerprint density at radius 1 is 1.00 bits per heavy atom. The number of phenols is 1. The molecule has 0 amide bonds. The molecule has 39 heavy (non-hydrogen) atoms. The molecule has 2 aromatic heterocycles. The van der Waals surface area contributed by atoms with Gasteiger partial charge in [0.1, 0.15) is 19.0 Å². The highest BCUT2D eigenvalue weighted by Gasteiger charge is 2.41. The van der Waals surface area contributed by atoms with Gasteiger partial charge in [0, 0.05) is 39.4 Å². The average Bonchev–Trinajstić information content (AvgIpc) is 3.34. The number of aromatic amines is 1. The molecule has 0 radical (unpaired) electrons. The summed E-state index contributed by atoms with van der Waals surface area (Å²) < 4.78 is 18.1. The van der Waals surface area contributed by atoms with Gasteiger partial charge in [0.05, 0.1) is 31.0 Å². The van der Waals surface area contributed by atoms with E-state index in [-0.39, 0.29) is 23.8 Å². The second-order valence-electron chi connectivity index (χ2n) is 10.4. The molecule has 5 heterocycles. The van der Waals surface area contributed by atoms with Crippen molar-refractivity contribution in [3.63, 3.8) is 0 Å². The predicted molar refractivity (Wildman–Crippen MR) is 149 cm³/mol. The molecule has 0 spiro atoms. The van der Waals surface area contributed by atoms with Gasteiger partial charge in [-0.1, -0.05) is 37.4 Å². The fraction of sp³-hybridized carbons (Fsp3) is 0.290. The first-order valence-corrected chi connectivity index (χ1v) is 13.4. The van der Waals surface area contributed by atoms with E-state index in [2.05, 4.69) is 39.3 Å². The van der Waals surface area contributed by atoms with Crippen molar-refractivity contribution < 1.29 is 19.3 Å². The number of hydrogen-bond acceptors (Lipinski definition) is 7. The Balaban J connectivity index is 1.41. The van der Waals surface area contributed by atoms with Crippen LogP contribution >= 0.6 is 0 Å². The highest BCUT2D eigenvalue weighted by atomic mass is 16.6. The normalized spacial score (nSPS) is 22.1. The highest BCUT2D eigenvalue weighted by molar-refractivity contribution is 5.99. The Bertz CT molecular complexity index is 1580. The fourth-order valence-electron chi connectivity index (χ4n) is 6.42. The van der Waals surface area contributed by atoms with Crippen LogP contribution in [0, 0.1) is 0 Å². The number of fused-ring (bicyclic) bond motifs is 4. The first-order chi connectivity index (χ1) is 19.1. The Hall–Kier alpha value is -4.30. The van der Waals surface area contributed by atoms with Crippen LogP contribution in [-0.2, 0) is 4.74 Å². The van der Waals surface area contributed by atoms with Crippen molar-refractivity contribution in [1.29, 1.82) is 0 Å². The zero-order valence-electron chi connectivity index (χ0n) is 21.6. The SMILES string of the molecule is C=CC(=C)N1[C@@H]2COC[C@H]1CC(c1[nH]c3nnc(-c4ccccc4O)cc3c1-c1cccc3c1OCCO3)C2. The number of benzene rings is 2. The minimum absolute atomic E-state index is 0.167. The highest BCUT2D eigenvalue weighted by Crippen LogP contribution is 2.49. The van der Waals surface area contributed by atoms with E-state index >= 15 is 0 Å². The molecular weight excluding hydrogens is 492 g/mol. The molecule has 4 aromatic rings. The minimum Gasteiger partial charge on any atom is -0.507 e. The minimum atomic E-state index is 0.167. The molecule has 198 valence electrons. The summed E-state index contributed by atoms with van der Waals surface area (Å²) in [4.78, 5) is 6.03. The topological polar surface area (TPSA) is 92.7 Å². The number of aromatic hydroxyl groups is 1. The van der Waals surface area contributed by atoms with Crippen LogP contribution in [0.3, 0.4) is 0 Å². The summed E-state index contributed by atoms with van der Waals surface area (Å²) >= 11 is 0. The van der Waals surface area contributed by atoms with Crippen LogP contribution in [0.15, 0.2) is 73.5 Å². The molecule has 3 aliphatic heterocycles. The molecular formula is C31H30N4O4. The molecule has 3 atom stereocenters. The van der Waals surface area contributed by atoms with Crippen LogP contribution in [0.1, 0.15) is 24.5 Å². The smallest absolute Gasteiger partial charge is 0.169 e. The van der Waals surface area contributed by atoms with Crippen molar-refractivity contribution in [1.82, 2.24) is 20.1 Å². The Morgan fingerprint density at radius 2 is 1.77 bits per heavy atom. The van der Waals surface area contributed by atoms with E-state index < -0.39 is 0 Å². The maximum Gasteiger partial charge on any atom is 0.169 e. The number of nitrogens with one attached hydrogen (secondary N) is 1. The van der Waals surface area contributed by atoms with Gasteiger partial charge in [-0.25, -0.2) is 0 Å². The number of aromatic nitrogens is 3. The van der Waals surface area contributed by atoms with Crippen LogP contribution in [0.4, 0.5) is 0 Å². The Kier molecular flexibility index (Phi) is 5.77. The lowest BCUT2D eigenvalue weighted by Crippen LogP contribution is -2.55. The lowest BCUT2D eigenvalue weighted by molar-refractivity contribution is -0.0590. The number of para-hydroxylation sites is 2. The summed E-state index contributed by atoms with van der Waals surface area (Å²) in [6, 6.07) is 15.6. The fourth-order valence-corrected chi connectivity index (χ4v) is 6.42. The monoisotopic (exact) mass is 522 g/mol. The van der Waals surface area contributed by atoms with E-state index in [4.69, 9.17) is 14.2 Å². The second kappa shape index (κ2) is 9.47. The molecule has 0 saturated carbocycles. The van der Waals surface area contributed by atoms with E-state index in [1.807, 2.05) is 36.4 Å². The third kappa shape index (κ3) is 3.94. The maximum atomic E-state index is 10.5. The summed E-state index contributed by atoms with van der Waals surface area (Å²) in [5.41, 5.74) is 6.01. The van der Waals surface area contributed by atoms with Gasteiger partial charge in [0.15, 0.2) is 17.1 Å². The first kappa shape index (κ1) is 23.8. The Labute approximate surface area is 226 Å². The van der Waals surface area contributed by atoms with Gasteiger partial charge in [0.25, 0.3) is 0 Å². The van der Waals surface area contributed by atoms with Crippen LogP contribution in [0.2, 0.25) is 0 Å². The number of nitrogens with zero attached hydrogens (tertiary/aromatic N) is 3. The zero-order chi connectivity index (χ0) is 26.5. The van der Waals surface area contributed by atoms with E-state index in [0.717, 1.165) is 52.2 Å². The van der Waals surface area contributed by atoms with Crippen LogP contribution < -0.4 is 9.47 Å². The van der Waals surface area contributed by atoms with Gasteiger partial charge in [-0.15, -0.1) is 10.2 Å². The van der Waals surface area contributed by atoms with Crippen molar-refractivity contribution in [2.24, 2.45) is 0 Å². The van der Waals surface area contributed by atoms with Crippen LogP contribution in [0.5, 0.6) is 17.2 Å². The number of H-pyrrole nitrogens is 1. The molecule has 8 nitrogen and oxygen atoms in total. The second-order valence-corrected chi connectivity index (χ2v) is 10.4. The third-order valence-electron chi connectivity index (χ3n) is 8.10. The summed E-state index contributed by atoms with van der Waals surface area (Å²) in [5, 5.41) is 20.5. The summed E-state index contributed by atoms with van der Waals surface area (Å²) in [7, 11) is 0. The van der Waals surface area contributed by atoms with Gasteiger partial charge in [0.2, 0.25) is 0 Å². The van der Waals surface area contributed by atoms with E-state index in [0.29, 0.717) is 43.3 Å². The number of hydrogen-bond donors (Lipinski definition) is 2. The van der Waals surface area contributed by atoms with Crippen molar-refractivity contribution >= 4 is 11.0 Å². The molecule has 2 aromatic carbocycles. The van der Waals surface area contributed by atoms with Gasteiger partial charge in [-0.05, 0) is 43.2 Å². The molecule has 3 aliphatic rings. The lowest BCUT2D eigenvalue weighted by Gasteiger charge is -2.50. The zero-order valence-corrected chi connectivity index (χ0v) is 21.6. The quantitative estimate of drug-likeness (QED) is 0.338. The molecule has 2 fully saturated rings. The molecule has 1 unspecified atom stereocenters. The lowest BCUT2D eigenvalue weighted by atomic mass is 9.80. The largest absolute Gasteiger partial charge is 0.507 e. The summed E-state index contributed by atoms with van der Waals surface area (Å²) in [6.45, 7) is 10.5. The summed E-state index contributed by atoms with van der Waals surface area (Å²) in [6.07, 6.45) is 3.63. The van der Waals surface area contributed by atoms with Crippen molar-refractivity contribution in [2.75, 3.05) is 26.4 Å². The summed E-state index contributed by atoms with van der Waals surface area (Å²) in [5.74, 6) is 1.88. The van der Waals surface area contributed by atoms with Gasteiger partial charge in [-0.3, -0.25) is 0 Å². The molecule has 8 heteroatoms. The van der Waals surface area contributed by atoms with Crippen LogP contribution in [0.25, 0.3) is 33.4 Å². The molecule has 2 saturated heterocycles. The number of morpholine rings is 1. The first-order valence-electron chi connectivity index (χ1n) is 13.4. The standard InChI is InChI=1S/C31H30N4O4/c1-3-18(2)35-20-13-19(14-21(35)17-37-16-20)29-28(23-8-6-10-27-30(23)39-12-11-38-27)24-15-25(33-34-31(24)32-29)22-7-4-5-9-26(22)36/h3-10,15,19-21,36H,1-2,11-14,16-17H2,(H,32,34)/t19?,20-,21+. The number of ether oxygens (including phenoxy) is 3. The molecule has 2 N–H and O–H groups in total. The predicted octanol–water partition coefficient (Wildman–Crippen LogP) is 5.42. The number of allylic oxidation sites excluding steroid dienone is 1. The van der Waals surface area contributed by atoms with Gasteiger partial charge < -0.3 is 29.2 Å². The molecule has 0 aliphatic carbocycles. The molecule has 2 bridgehead atoms. The van der Waals surface area contributed by atoms with E-state index in [1.165, 1.54) is 0 Å². The van der Waals surface area contributed by atoms with Crippen molar-refractivity contribution in [3.8, 4) is 39.6 Å². The third-order valence-corrected chi connectivity index (χ3v) is 8.10. The average molecular weight is 523 g/mol.